The second-order valence-electron chi connectivity index (χ2n) is 7.65. The number of aromatic nitrogens is 3. The Kier molecular flexibility index (Phi) is 5.97. The van der Waals surface area contributed by atoms with Crippen LogP contribution in [0.1, 0.15) is 39.3 Å². The van der Waals surface area contributed by atoms with Gasteiger partial charge in [0.25, 0.3) is 11.8 Å². The Morgan fingerprint density at radius 3 is 2.35 bits per heavy atom. The molecule has 2 heterocycles. The third-order valence-corrected chi connectivity index (χ3v) is 5.48. The van der Waals surface area contributed by atoms with E-state index in [-0.39, 0.29) is 17.9 Å². The van der Waals surface area contributed by atoms with E-state index in [0.29, 0.717) is 42.9 Å². The number of hydrogen-bond acceptors (Lipinski definition) is 5. The van der Waals surface area contributed by atoms with E-state index in [1.807, 2.05) is 31.2 Å². The fraction of sp³-hybridized carbons (Fsp3) is 0.304. The normalized spacial score (nSPS) is 14.3. The molecule has 1 aliphatic heterocycles. The molecule has 0 aliphatic carbocycles. The van der Waals surface area contributed by atoms with Crippen LogP contribution in [0.15, 0.2) is 54.7 Å². The zero-order chi connectivity index (χ0) is 21.8. The van der Waals surface area contributed by atoms with Crippen LogP contribution in [-0.4, -0.2) is 57.9 Å². The molecule has 0 radical (unpaired) electrons. The molecule has 160 valence electrons. The number of nitrogens with zero attached hydrogens (tertiary/aromatic N) is 4. The first kappa shape index (κ1) is 20.6. The van der Waals surface area contributed by atoms with Gasteiger partial charge in [-0.1, -0.05) is 22.9 Å². The number of piperidine rings is 1. The Morgan fingerprint density at radius 2 is 1.71 bits per heavy atom. The quantitative estimate of drug-likeness (QED) is 0.687. The standard InChI is InChI=1S/C23H25N5O3/c1-16-3-7-19(8-4-16)28-15-21(25-26-28)23(30)27-13-11-18(12-14-27)24-22(29)17-5-9-20(31-2)10-6-17/h3-10,15,18H,11-14H2,1-2H3,(H,24,29). The number of hydrogen-bond donors (Lipinski definition) is 1. The monoisotopic (exact) mass is 419 g/mol. The Hall–Kier alpha value is -3.68. The van der Waals surface area contributed by atoms with Crippen molar-refractivity contribution >= 4 is 11.8 Å². The fourth-order valence-corrected chi connectivity index (χ4v) is 3.59. The molecule has 1 saturated heterocycles. The summed E-state index contributed by atoms with van der Waals surface area (Å²) in [6.07, 6.45) is 3.05. The average Bonchev–Trinajstić information content (AvgIpc) is 3.30. The summed E-state index contributed by atoms with van der Waals surface area (Å²) >= 11 is 0. The molecule has 0 saturated carbocycles. The van der Waals surface area contributed by atoms with Crippen molar-refractivity contribution in [1.82, 2.24) is 25.2 Å². The number of ether oxygens (including phenoxy) is 1. The first-order valence-electron chi connectivity index (χ1n) is 10.3. The van der Waals surface area contributed by atoms with Gasteiger partial charge in [-0.15, -0.1) is 5.10 Å². The Morgan fingerprint density at radius 1 is 1.03 bits per heavy atom. The number of carbonyl (C=O) groups excluding carboxylic acids is 2. The smallest absolute Gasteiger partial charge is 0.276 e. The Bertz CT molecular complexity index is 1050. The summed E-state index contributed by atoms with van der Waals surface area (Å²) in [4.78, 5) is 27.0. The molecular weight excluding hydrogens is 394 g/mol. The first-order valence-corrected chi connectivity index (χ1v) is 10.3. The zero-order valence-electron chi connectivity index (χ0n) is 17.6. The van der Waals surface area contributed by atoms with Gasteiger partial charge in [-0.2, -0.15) is 0 Å². The first-order chi connectivity index (χ1) is 15.0. The Balaban J connectivity index is 1.31. The van der Waals surface area contributed by atoms with Crippen molar-refractivity contribution < 1.29 is 14.3 Å². The van der Waals surface area contributed by atoms with E-state index in [1.54, 1.807) is 47.2 Å². The molecule has 3 aromatic rings. The van der Waals surface area contributed by atoms with Crippen LogP contribution in [0.2, 0.25) is 0 Å². The molecule has 1 aromatic heterocycles. The number of benzene rings is 2. The van der Waals surface area contributed by atoms with E-state index < -0.39 is 0 Å². The van der Waals surface area contributed by atoms with E-state index in [9.17, 15) is 9.59 Å². The van der Waals surface area contributed by atoms with Crippen LogP contribution in [-0.2, 0) is 0 Å². The minimum Gasteiger partial charge on any atom is -0.497 e. The maximum absolute atomic E-state index is 12.8. The van der Waals surface area contributed by atoms with Crippen molar-refractivity contribution in [2.45, 2.75) is 25.8 Å². The molecule has 8 heteroatoms. The second-order valence-corrected chi connectivity index (χ2v) is 7.65. The largest absolute Gasteiger partial charge is 0.497 e. The van der Waals surface area contributed by atoms with Gasteiger partial charge in [0, 0.05) is 24.7 Å². The molecule has 1 N–H and O–H groups in total. The highest BCUT2D eigenvalue weighted by atomic mass is 16.5. The number of amides is 2. The minimum absolute atomic E-state index is 0.0295. The van der Waals surface area contributed by atoms with Gasteiger partial charge in [-0.25, -0.2) is 4.68 Å². The van der Waals surface area contributed by atoms with Crippen molar-refractivity contribution in [3.63, 3.8) is 0 Å². The molecule has 31 heavy (non-hydrogen) atoms. The summed E-state index contributed by atoms with van der Waals surface area (Å²) in [5.74, 6) is 0.453. The molecular formula is C23H25N5O3. The van der Waals surface area contributed by atoms with Crippen LogP contribution in [0, 0.1) is 6.92 Å². The van der Waals surface area contributed by atoms with Crippen LogP contribution in [0.25, 0.3) is 5.69 Å². The van der Waals surface area contributed by atoms with Crippen LogP contribution in [0.3, 0.4) is 0 Å². The Labute approximate surface area is 180 Å². The topological polar surface area (TPSA) is 89.4 Å². The molecule has 0 bridgehead atoms. The molecule has 2 amide bonds. The summed E-state index contributed by atoms with van der Waals surface area (Å²) in [6.45, 7) is 3.14. The lowest BCUT2D eigenvalue weighted by Crippen LogP contribution is -2.46. The number of likely N-dealkylation sites (tertiary alicyclic amines) is 1. The predicted octanol–water partition coefficient (Wildman–Crippen LogP) is 2.62. The zero-order valence-corrected chi connectivity index (χ0v) is 17.6. The molecule has 0 atom stereocenters. The molecule has 4 rings (SSSR count). The number of nitrogens with one attached hydrogen (secondary N) is 1. The van der Waals surface area contributed by atoms with Crippen LogP contribution < -0.4 is 10.1 Å². The molecule has 2 aromatic carbocycles. The van der Waals surface area contributed by atoms with Crippen molar-refractivity contribution in [2.24, 2.45) is 0 Å². The highest BCUT2D eigenvalue weighted by Crippen LogP contribution is 2.16. The highest BCUT2D eigenvalue weighted by molar-refractivity contribution is 5.94. The van der Waals surface area contributed by atoms with Crippen molar-refractivity contribution in [3.05, 3.63) is 71.5 Å². The lowest BCUT2D eigenvalue weighted by atomic mass is 10.0. The van der Waals surface area contributed by atoms with Gasteiger partial charge < -0.3 is 15.0 Å². The lowest BCUT2D eigenvalue weighted by molar-refractivity contribution is 0.0692. The van der Waals surface area contributed by atoms with Gasteiger partial charge in [0.2, 0.25) is 0 Å². The summed E-state index contributed by atoms with van der Waals surface area (Å²) in [5, 5.41) is 11.2. The van der Waals surface area contributed by atoms with Crippen LogP contribution in [0.5, 0.6) is 5.75 Å². The lowest BCUT2D eigenvalue weighted by Gasteiger charge is -2.31. The van der Waals surface area contributed by atoms with Crippen LogP contribution >= 0.6 is 0 Å². The van der Waals surface area contributed by atoms with Crippen molar-refractivity contribution in [2.75, 3.05) is 20.2 Å². The molecule has 8 nitrogen and oxygen atoms in total. The molecule has 0 spiro atoms. The van der Waals surface area contributed by atoms with Crippen molar-refractivity contribution in [1.29, 1.82) is 0 Å². The van der Waals surface area contributed by atoms with E-state index in [4.69, 9.17) is 4.74 Å². The van der Waals surface area contributed by atoms with E-state index in [2.05, 4.69) is 15.6 Å². The number of aryl methyl sites for hydroxylation is 1. The minimum atomic E-state index is -0.140. The summed E-state index contributed by atoms with van der Waals surface area (Å²) in [6, 6.07) is 14.9. The van der Waals surface area contributed by atoms with E-state index >= 15 is 0 Å². The van der Waals surface area contributed by atoms with Gasteiger partial charge in [-0.3, -0.25) is 9.59 Å². The molecule has 0 unspecified atom stereocenters. The molecule has 1 aliphatic rings. The average molecular weight is 419 g/mol. The predicted molar refractivity (Wildman–Crippen MR) is 115 cm³/mol. The van der Waals surface area contributed by atoms with Gasteiger partial charge >= 0.3 is 0 Å². The summed E-state index contributed by atoms with van der Waals surface area (Å²) < 4.78 is 6.73. The third kappa shape index (κ3) is 4.74. The van der Waals surface area contributed by atoms with Gasteiger partial charge in [0.15, 0.2) is 5.69 Å². The summed E-state index contributed by atoms with van der Waals surface area (Å²) in [5.41, 5.74) is 2.92. The van der Waals surface area contributed by atoms with Gasteiger partial charge in [-0.05, 0) is 56.2 Å². The van der Waals surface area contributed by atoms with Gasteiger partial charge in [0.05, 0.1) is 19.0 Å². The van der Waals surface area contributed by atoms with Crippen LogP contribution in [0.4, 0.5) is 0 Å². The summed E-state index contributed by atoms with van der Waals surface area (Å²) in [7, 11) is 1.59. The van der Waals surface area contributed by atoms with Crippen molar-refractivity contribution in [3.8, 4) is 11.4 Å². The van der Waals surface area contributed by atoms with E-state index in [1.165, 1.54) is 0 Å². The maximum Gasteiger partial charge on any atom is 0.276 e. The van der Waals surface area contributed by atoms with Gasteiger partial charge in [0.1, 0.15) is 5.75 Å². The highest BCUT2D eigenvalue weighted by Gasteiger charge is 2.26. The second kappa shape index (κ2) is 8.99. The number of methoxy groups -OCH3 is 1. The van der Waals surface area contributed by atoms with E-state index in [0.717, 1.165) is 11.3 Å². The number of rotatable bonds is 5. The number of carbonyl (C=O) groups is 2. The SMILES string of the molecule is COc1ccc(C(=O)NC2CCN(C(=O)c3cn(-c4ccc(C)cc4)nn3)CC2)cc1. The molecule has 1 fully saturated rings. The fourth-order valence-electron chi connectivity index (χ4n) is 3.59. The third-order valence-electron chi connectivity index (χ3n) is 5.48. The maximum atomic E-state index is 12.8.